The van der Waals surface area contributed by atoms with E-state index in [0.29, 0.717) is 34.0 Å². The summed E-state index contributed by atoms with van der Waals surface area (Å²) in [6, 6.07) is 11.9. The monoisotopic (exact) mass is 376 g/mol. The van der Waals surface area contributed by atoms with Crippen LogP contribution in [0.5, 0.6) is 17.2 Å². The summed E-state index contributed by atoms with van der Waals surface area (Å²) in [7, 11) is 4.57. The average Bonchev–Trinajstić information content (AvgIpc) is 2.65. The first kappa shape index (κ1) is 19.3. The van der Waals surface area contributed by atoms with Gasteiger partial charge in [-0.3, -0.25) is 0 Å². The van der Waals surface area contributed by atoms with Crippen LogP contribution in [-0.2, 0) is 0 Å². The number of halogens is 1. The number of carbonyl (C=O) groups is 1. The van der Waals surface area contributed by atoms with Crippen molar-refractivity contribution in [2.75, 3.05) is 21.3 Å². The van der Waals surface area contributed by atoms with E-state index in [2.05, 4.69) is 0 Å². The van der Waals surface area contributed by atoms with Gasteiger partial charge in [-0.25, -0.2) is 9.21 Å². The van der Waals surface area contributed by atoms with Gasteiger partial charge in [-0.15, -0.1) is 0 Å². The van der Waals surface area contributed by atoms with E-state index in [1.54, 1.807) is 43.5 Å². The number of benzene rings is 2. The highest BCUT2D eigenvalue weighted by Crippen LogP contribution is 2.37. The van der Waals surface area contributed by atoms with Crippen LogP contribution < -0.4 is 26.6 Å². The summed E-state index contributed by atoms with van der Waals surface area (Å²) in [6.45, 7) is 0. The topological polar surface area (TPSA) is 76.3 Å². The van der Waals surface area contributed by atoms with Gasteiger partial charge in [0.15, 0.2) is 0 Å². The fraction of sp³-hybridized carbons (Fsp3) is 0.158. The van der Waals surface area contributed by atoms with Crippen LogP contribution in [0.3, 0.4) is 0 Å². The molecular formula is C19H17ClO6. The summed E-state index contributed by atoms with van der Waals surface area (Å²) in [6.07, 6.45) is 0. The third kappa shape index (κ3) is 3.50. The second kappa shape index (κ2) is 7.93. The molecule has 1 N–H and O–H groups in total. The molecular weight excluding hydrogens is 360 g/mol. The van der Waals surface area contributed by atoms with E-state index in [0.717, 1.165) is 5.56 Å². The first-order valence-corrected chi connectivity index (χ1v) is 7.48. The molecule has 2 aromatic carbocycles. The Morgan fingerprint density at radius 1 is 0.923 bits per heavy atom. The number of methoxy groups -OCH3 is 3. The zero-order valence-electron chi connectivity index (χ0n) is 14.4. The molecule has 0 spiro atoms. The van der Waals surface area contributed by atoms with Gasteiger partial charge < -0.3 is 31.7 Å². The highest BCUT2D eigenvalue weighted by Gasteiger charge is 2.26. The maximum atomic E-state index is 11.8. The van der Waals surface area contributed by atoms with E-state index in [-0.39, 0.29) is 18.0 Å². The molecule has 1 aromatic heterocycles. The summed E-state index contributed by atoms with van der Waals surface area (Å²) in [4.78, 5) is 11.8. The zero-order chi connectivity index (χ0) is 18.0. The van der Waals surface area contributed by atoms with Crippen LogP contribution in [0.15, 0.2) is 46.9 Å². The summed E-state index contributed by atoms with van der Waals surface area (Å²) in [5, 5.41) is 10.0. The average molecular weight is 377 g/mol. The minimum absolute atomic E-state index is 0. The molecule has 3 rings (SSSR count). The molecule has 0 aliphatic carbocycles. The van der Waals surface area contributed by atoms with Crippen molar-refractivity contribution in [3.8, 4) is 28.6 Å². The third-order valence-corrected chi connectivity index (χ3v) is 3.86. The van der Waals surface area contributed by atoms with Crippen molar-refractivity contribution >= 4 is 16.9 Å². The van der Waals surface area contributed by atoms with Crippen LogP contribution in [0.4, 0.5) is 0 Å². The number of ether oxygens (including phenoxy) is 3. The molecule has 0 bridgehead atoms. The van der Waals surface area contributed by atoms with Crippen LogP contribution in [0.1, 0.15) is 10.4 Å². The number of carboxylic acids is 1. The predicted octanol–water partition coefficient (Wildman–Crippen LogP) is 1.11. The lowest BCUT2D eigenvalue weighted by Crippen LogP contribution is -3.00. The van der Waals surface area contributed by atoms with Gasteiger partial charge in [0.05, 0.1) is 44.6 Å². The quantitative estimate of drug-likeness (QED) is 0.672. The van der Waals surface area contributed by atoms with E-state index in [9.17, 15) is 9.90 Å². The number of rotatable bonds is 5. The summed E-state index contributed by atoms with van der Waals surface area (Å²) in [5.41, 5.74) is 1.18. The molecule has 0 aliphatic heterocycles. The minimum atomic E-state index is -1.07. The predicted molar refractivity (Wildman–Crippen MR) is 92.7 cm³/mol. The Balaban J connectivity index is 0.00000243. The van der Waals surface area contributed by atoms with Crippen LogP contribution in [0, 0.1) is 0 Å². The summed E-state index contributed by atoms with van der Waals surface area (Å²) >= 11 is 0. The Bertz CT molecular complexity index is 937. The van der Waals surface area contributed by atoms with E-state index < -0.39 is 5.97 Å². The van der Waals surface area contributed by atoms with Crippen LogP contribution in [0.2, 0.25) is 0 Å². The number of hydrogen-bond acceptors (Lipinski definition) is 4. The highest BCUT2D eigenvalue weighted by molar-refractivity contribution is 6.06. The maximum Gasteiger partial charge on any atom is 0.369 e. The molecule has 0 saturated heterocycles. The van der Waals surface area contributed by atoms with Crippen LogP contribution >= 0.6 is 0 Å². The molecule has 0 amide bonds. The van der Waals surface area contributed by atoms with Gasteiger partial charge in [0.2, 0.25) is 0 Å². The number of carboxylic acid groups (broad SMARTS) is 1. The molecule has 0 fully saturated rings. The number of fused-ring (bicyclic) bond motifs is 1. The van der Waals surface area contributed by atoms with E-state index >= 15 is 0 Å². The molecule has 1 heterocycles. The fourth-order valence-electron chi connectivity index (χ4n) is 2.61. The Labute approximate surface area is 156 Å². The maximum absolute atomic E-state index is 11.8. The highest BCUT2D eigenvalue weighted by atomic mass is 35.5. The molecule has 7 heteroatoms. The third-order valence-electron chi connectivity index (χ3n) is 3.86. The Kier molecular flexibility index (Phi) is 5.90. The largest absolute Gasteiger partial charge is 1.00 e. The molecule has 0 atom stereocenters. The second-order valence-corrected chi connectivity index (χ2v) is 5.26. The first-order valence-electron chi connectivity index (χ1n) is 7.48. The van der Waals surface area contributed by atoms with Gasteiger partial charge in [-0.2, -0.15) is 0 Å². The fourth-order valence-corrected chi connectivity index (χ4v) is 2.61. The van der Waals surface area contributed by atoms with Crippen molar-refractivity contribution in [1.29, 1.82) is 0 Å². The lowest BCUT2D eigenvalue weighted by Gasteiger charge is -2.07. The molecule has 3 aromatic rings. The molecule has 0 radical (unpaired) electrons. The standard InChI is InChI=1S/C19H16O6.ClH/c1-22-12-6-4-11(5-7-12)15-10-14(19(20)21)18-16(24-3)8-13(23-2)9-17(18)25-15;/h4-10H,1-3H3;1H. The first-order chi connectivity index (χ1) is 12.1. The van der Waals surface area contributed by atoms with Crippen LogP contribution in [0.25, 0.3) is 22.3 Å². The van der Waals surface area contributed by atoms with E-state index in [4.69, 9.17) is 18.6 Å². The molecule has 136 valence electrons. The smallest absolute Gasteiger partial charge is 0.369 e. The SMILES string of the molecule is COc1ccc(-c2cc(C(=O)O)c3c(OC)cc(OC)cc3[o+]2)cc1.[Cl-]. The van der Waals surface area contributed by atoms with Crippen LogP contribution in [-0.4, -0.2) is 32.4 Å². The van der Waals surface area contributed by atoms with Gasteiger partial charge >= 0.3 is 17.3 Å². The normalized spacial score (nSPS) is 10.1. The lowest BCUT2D eigenvalue weighted by molar-refractivity contribution is -0.0000218. The van der Waals surface area contributed by atoms with Crippen molar-refractivity contribution in [1.82, 2.24) is 0 Å². The second-order valence-electron chi connectivity index (χ2n) is 5.26. The van der Waals surface area contributed by atoms with Crippen molar-refractivity contribution in [2.45, 2.75) is 0 Å². The molecule has 26 heavy (non-hydrogen) atoms. The van der Waals surface area contributed by atoms with E-state index in [1.165, 1.54) is 20.3 Å². The van der Waals surface area contributed by atoms with Crippen molar-refractivity contribution < 1.29 is 40.9 Å². The Hall–Kier alpha value is -2.99. The molecule has 0 unspecified atom stereocenters. The van der Waals surface area contributed by atoms with Crippen molar-refractivity contribution in [3.63, 3.8) is 0 Å². The Morgan fingerprint density at radius 2 is 1.58 bits per heavy atom. The van der Waals surface area contributed by atoms with Gasteiger partial charge in [0, 0.05) is 6.07 Å². The molecule has 0 saturated carbocycles. The minimum Gasteiger partial charge on any atom is -1.00 e. The lowest BCUT2D eigenvalue weighted by atomic mass is 10.0. The summed E-state index contributed by atoms with van der Waals surface area (Å²) < 4.78 is 21.6. The Morgan fingerprint density at radius 3 is 2.12 bits per heavy atom. The number of hydrogen-bond donors (Lipinski definition) is 1. The summed E-state index contributed by atoms with van der Waals surface area (Å²) in [5.74, 6) is 0.932. The van der Waals surface area contributed by atoms with Gasteiger partial charge in [0.25, 0.3) is 0 Å². The van der Waals surface area contributed by atoms with E-state index in [1.807, 2.05) is 0 Å². The van der Waals surface area contributed by atoms with Gasteiger partial charge in [-0.1, -0.05) is 0 Å². The van der Waals surface area contributed by atoms with Crippen molar-refractivity contribution in [3.05, 3.63) is 48.0 Å². The zero-order valence-corrected chi connectivity index (χ0v) is 15.2. The molecule has 0 aliphatic rings. The molecule has 6 nitrogen and oxygen atoms in total. The number of aromatic carboxylic acids is 1. The van der Waals surface area contributed by atoms with Crippen molar-refractivity contribution in [2.24, 2.45) is 0 Å². The van der Waals surface area contributed by atoms with Gasteiger partial charge in [0.1, 0.15) is 22.6 Å². The van der Waals surface area contributed by atoms with Gasteiger partial charge in [-0.05, 0) is 24.3 Å².